The number of ether oxygens (including phenoxy) is 1. The van der Waals surface area contributed by atoms with Crippen molar-refractivity contribution >= 4 is 31.9 Å². The molecule has 1 aromatic carbocycles. The Hall–Kier alpha value is -1.08. The zero-order valence-corrected chi connectivity index (χ0v) is 11.3. The first-order valence-corrected chi connectivity index (χ1v) is 5.94. The molecular weight excluding hydrogens is 362 g/mol. The number of halogens is 4. The normalized spacial score (nSPS) is 10.4. The summed E-state index contributed by atoms with van der Waals surface area (Å²) < 4.78 is 32.5. The van der Waals surface area contributed by atoms with Gasteiger partial charge in [0.2, 0.25) is 11.7 Å². The summed E-state index contributed by atoms with van der Waals surface area (Å²) in [6.07, 6.45) is 2.68. The van der Waals surface area contributed by atoms with E-state index < -0.39 is 11.6 Å². The van der Waals surface area contributed by atoms with Gasteiger partial charge in [0.15, 0.2) is 11.6 Å². The molecular formula is C10H4Br2F2N2O. The van der Waals surface area contributed by atoms with E-state index in [1.54, 1.807) is 0 Å². The van der Waals surface area contributed by atoms with Crippen LogP contribution in [0.4, 0.5) is 8.78 Å². The number of rotatable bonds is 2. The van der Waals surface area contributed by atoms with E-state index in [0.717, 1.165) is 6.07 Å². The van der Waals surface area contributed by atoms with Crippen molar-refractivity contribution in [2.45, 2.75) is 0 Å². The van der Waals surface area contributed by atoms with Gasteiger partial charge in [-0.05, 0) is 28.1 Å². The summed E-state index contributed by atoms with van der Waals surface area (Å²) in [5.41, 5.74) is 0. The second-order valence-corrected chi connectivity index (χ2v) is 4.75. The Kier molecular flexibility index (Phi) is 3.68. The van der Waals surface area contributed by atoms with Gasteiger partial charge in [-0.2, -0.15) is 4.39 Å². The van der Waals surface area contributed by atoms with Crippen molar-refractivity contribution in [2.24, 2.45) is 0 Å². The lowest BCUT2D eigenvalue weighted by Crippen LogP contribution is -1.95. The number of hydrogen-bond donors (Lipinski definition) is 0. The summed E-state index contributed by atoms with van der Waals surface area (Å²) in [6.45, 7) is 0. The highest BCUT2D eigenvalue weighted by molar-refractivity contribution is 9.10. The average molecular weight is 366 g/mol. The van der Waals surface area contributed by atoms with E-state index in [9.17, 15) is 8.78 Å². The van der Waals surface area contributed by atoms with Crippen molar-refractivity contribution in [3.8, 4) is 11.6 Å². The Morgan fingerprint density at radius 1 is 1.18 bits per heavy atom. The smallest absolute Gasteiger partial charge is 0.236 e. The molecule has 7 heteroatoms. The third-order valence-electron chi connectivity index (χ3n) is 1.80. The summed E-state index contributed by atoms with van der Waals surface area (Å²) in [5, 5.41) is 0. The Balaban J connectivity index is 2.40. The topological polar surface area (TPSA) is 35.0 Å². The lowest BCUT2D eigenvalue weighted by molar-refractivity contribution is 0.402. The Bertz CT molecular complexity index is 566. The molecule has 0 unspecified atom stereocenters. The van der Waals surface area contributed by atoms with Crippen molar-refractivity contribution in [3.05, 3.63) is 45.2 Å². The molecule has 0 aliphatic rings. The number of benzene rings is 1. The van der Waals surface area contributed by atoms with Gasteiger partial charge in [0.25, 0.3) is 0 Å². The van der Waals surface area contributed by atoms with Crippen molar-refractivity contribution in [3.63, 3.8) is 0 Å². The minimum absolute atomic E-state index is 0.108. The van der Waals surface area contributed by atoms with Crippen molar-refractivity contribution < 1.29 is 13.5 Å². The third-order valence-corrected chi connectivity index (χ3v) is 2.80. The van der Waals surface area contributed by atoms with E-state index in [1.165, 1.54) is 18.6 Å². The van der Waals surface area contributed by atoms with Gasteiger partial charge in [0.05, 0.1) is 4.47 Å². The van der Waals surface area contributed by atoms with Crippen LogP contribution < -0.4 is 4.74 Å². The van der Waals surface area contributed by atoms with Gasteiger partial charge in [0.1, 0.15) is 6.33 Å². The van der Waals surface area contributed by atoms with E-state index in [2.05, 4.69) is 41.8 Å². The molecule has 0 aliphatic carbocycles. The van der Waals surface area contributed by atoms with Gasteiger partial charge >= 0.3 is 0 Å². The maximum atomic E-state index is 13.4. The molecule has 0 fully saturated rings. The van der Waals surface area contributed by atoms with Crippen LogP contribution in [0.2, 0.25) is 0 Å². The predicted molar refractivity (Wildman–Crippen MR) is 63.9 cm³/mol. The Morgan fingerprint density at radius 3 is 2.65 bits per heavy atom. The molecule has 0 saturated carbocycles. The predicted octanol–water partition coefficient (Wildman–Crippen LogP) is 4.07. The third kappa shape index (κ3) is 2.78. The van der Waals surface area contributed by atoms with Crippen molar-refractivity contribution in [2.75, 3.05) is 0 Å². The molecule has 0 radical (unpaired) electrons. The minimum Gasteiger partial charge on any atom is -0.435 e. The average Bonchev–Trinajstić information content (AvgIpc) is 2.28. The van der Waals surface area contributed by atoms with Crippen LogP contribution in [0.5, 0.6) is 11.6 Å². The number of hydrogen-bond acceptors (Lipinski definition) is 3. The molecule has 0 spiro atoms. The zero-order valence-electron chi connectivity index (χ0n) is 8.12. The van der Waals surface area contributed by atoms with Crippen LogP contribution in [-0.2, 0) is 0 Å². The fraction of sp³-hybridized carbons (Fsp3) is 0. The first-order chi connectivity index (χ1) is 8.08. The largest absolute Gasteiger partial charge is 0.435 e. The van der Waals surface area contributed by atoms with Crippen LogP contribution in [0, 0.1) is 11.6 Å². The lowest BCUT2D eigenvalue weighted by atomic mass is 10.3. The fourth-order valence-corrected chi connectivity index (χ4v) is 1.80. The standard InChI is InChI=1S/C10H4Br2F2N2O/c11-5-1-7(13)9(14)8(2-5)17-10-6(12)3-15-4-16-10/h1-4H. The summed E-state index contributed by atoms with van der Waals surface area (Å²) in [6, 6.07) is 2.32. The van der Waals surface area contributed by atoms with Crippen LogP contribution >= 0.6 is 31.9 Å². The highest BCUT2D eigenvalue weighted by Crippen LogP contribution is 2.31. The molecule has 0 atom stereocenters. The van der Waals surface area contributed by atoms with E-state index in [1.807, 2.05) is 0 Å². The maximum Gasteiger partial charge on any atom is 0.236 e. The van der Waals surface area contributed by atoms with Gasteiger partial charge < -0.3 is 4.74 Å². The van der Waals surface area contributed by atoms with Gasteiger partial charge in [-0.1, -0.05) is 15.9 Å². The van der Waals surface area contributed by atoms with Crippen LogP contribution in [0.3, 0.4) is 0 Å². The summed E-state index contributed by atoms with van der Waals surface area (Å²) in [4.78, 5) is 7.52. The summed E-state index contributed by atoms with van der Waals surface area (Å²) >= 11 is 6.19. The van der Waals surface area contributed by atoms with Gasteiger partial charge in [-0.15, -0.1) is 0 Å². The van der Waals surface area contributed by atoms with Crippen LogP contribution in [0.15, 0.2) is 33.6 Å². The van der Waals surface area contributed by atoms with Crippen LogP contribution in [-0.4, -0.2) is 9.97 Å². The monoisotopic (exact) mass is 364 g/mol. The molecule has 3 nitrogen and oxygen atoms in total. The van der Waals surface area contributed by atoms with Crippen molar-refractivity contribution in [1.29, 1.82) is 0 Å². The first-order valence-electron chi connectivity index (χ1n) is 4.36. The van der Waals surface area contributed by atoms with Crippen LogP contribution in [0.25, 0.3) is 0 Å². The molecule has 0 aliphatic heterocycles. The number of aromatic nitrogens is 2. The second-order valence-electron chi connectivity index (χ2n) is 2.98. The quantitative estimate of drug-likeness (QED) is 0.752. The maximum absolute atomic E-state index is 13.4. The Morgan fingerprint density at radius 2 is 1.94 bits per heavy atom. The Labute approximate surface area is 112 Å². The number of nitrogens with zero attached hydrogens (tertiary/aromatic N) is 2. The molecule has 0 N–H and O–H groups in total. The first kappa shape index (κ1) is 12.4. The van der Waals surface area contributed by atoms with Gasteiger partial charge in [-0.25, -0.2) is 14.4 Å². The molecule has 0 amide bonds. The fourth-order valence-electron chi connectivity index (χ4n) is 1.09. The zero-order chi connectivity index (χ0) is 12.4. The molecule has 0 saturated heterocycles. The van der Waals surface area contributed by atoms with E-state index in [-0.39, 0.29) is 11.6 Å². The van der Waals surface area contributed by atoms with E-state index in [0.29, 0.717) is 8.95 Å². The molecule has 2 aromatic rings. The molecule has 17 heavy (non-hydrogen) atoms. The highest BCUT2D eigenvalue weighted by Gasteiger charge is 2.14. The van der Waals surface area contributed by atoms with E-state index >= 15 is 0 Å². The molecule has 0 bridgehead atoms. The minimum atomic E-state index is -1.07. The van der Waals surface area contributed by atoms with Gasteiger partial charge in [-0.3, -0.25) is 0 Å². The summed E-state index contributed by atoms with van der Waals surface area (Å²) in [7, 11) is 0. The second kappa shape index (κ2) is 5.05. The van der Waals surface area contributed by atoms with E-state index in [4.69, 9.17) is 4.74 Å². The highest BCUT2D eigenvalue weighted by atomic mass is 79.9. The van der Waals surface area contributed by atoms with Crippen molar-refractivity contribution in [1.82, 2.24) is 9.97 Å². The summed E-state index contributed by atoms with van der Waals surface area (Å²) in [5.74, 6) is -2.22. The van der Waals surface area contributed by atoms with Gasteiger partial charge in [0, 0.05) is 10.7 Å². The molecule has 1 aromatic heterocycles. The molecule has 2 rings (SSSR count). The molecule has 1 heterocycles. The SMILES string of the molecule is Fc1cc(Br)cc(Oc2ncncc2Br)c1F. The lowest BCUT2D eigenvalue weighted by Gasteiger charge is -2.07. The molecule has 88 valence electrons. The van der Waals surface area contributed by atoms with Crippen LogP contribution in [0.1, 0.15) is 0 Å².